The van der Waals surface area contributed by atoms with E-state index in [1.54, 1.807) is 24.3 Å². The lowest BCUT2D eigenvalue weighted by atomic mass is 10.2. The van der Waals surface area contributed by atoms with E-state index in [1.807, 2.05) is 0 Å². The van der Waals surface area contributed by atoms with Crippen LogP contribution in [0.25, 0.3) is 0 Å². The normalized spacial score (nSPS) is 10.1. The van der Waals surface area contributed by atoms with Gasteiger partial charge in [0, 0.05) is 6.20 Å². The van der Waals surface area contributed by atoms with E-state index in [-0.39, 0.29) is 18.1 Å². The Morgan fingerprint density at radius 1 is 1.25 bits per heavy atom. The summed E-state index contributed by atoms with van der Waals surface area (Å²) in [4.78, 5) is 14.8. The Balaban J connectivity index is 2.37. The van der Waals surface area contributed by atoms with Crippen molar-refractivity contribution in [1.29, 1.82) is 0 Å². The Hall–Kier alpha value is -2.60. The molecule has 20 heavy (non-hydrogen) atoms. The first-order valence-corrected chi connectivity index (χ1v) is 5.79. The van der Waals surface area contributed by atoms with E-state index in [4.69, 9.17) is 19.7 Å². The Bertz CT molecular complexity index is 627. The first kappa shape index (κ1) is 13.8. The van der Waals surface area contributed by atoms with Crippen molar-refractivity contribution < 1.29 is 24.5 Å². The minimum atomic E-state index is -1.17. The minimum absolute atomic E-state index is 0.120. The molecule has 6 heteroatoms. The second kappa shape index (κ2) is 6.03. The highest BCUT2D eigenvalue weighted by molar-refractivity contribution is 5.88. The zero-order valence-electron chi connectivity index (χ0n) is 10.7. The quantitative estimate of drug-likeness (QED) is 0.868. The zero-order chi connectivity index (χ0) is 14.5. The van der Waals surface area contributed by atoms with Crippen LogP contribution in [0.3, 0.4) is 0 Å². The Labute approximate surface area is 115 Å². The van der Waals surface area contributed by atoms with Crippen molar-refractivity contribution in [2.45, 2.75) is 6.61 Å². The van der Waals surface area contributed by atoms with Crippen molar-refractivity contribution in [2.24, 2.45) is 0 Å². The van der Waals surface area contributed by atoms with Crippen molar-refractivity contribution in [2.75, 3.05) is 7.11 Å². The maximum absolute atomic E-state index is 11.1. The number of carboxylic acids is 1. The standard InChI is InChI=1S/C14H13NO5/c1-19-12-7-9(8-16)4-5-10(12)20-11-3-2-6-15-13(11)14(17)18/h2-7,16H,8H2,1H3,(H,17,18). The summed E-state index contributed by atoms with van der Waals surface area (Å²) in [6, 6.07) is 7.97. The molecule has 1 aromatic carbocycles. The molecule has 0 amide bonds. The molecule has 104 valence electrons. The molecule has 0 aliphatic carbocycles. The molecule has 0 radical (unpaired) electrons. The number of benzene rings is 1. The molecule has 1 heterocycles. The summed E-state index contributed by atoms with van der Waals surface area (Å²) in [6.07, 6.45) is 1.38. The highest BCUT2D eigenvalue weighted by Gasteiger charge is 2.15. The molecule has 0 saturated carbocycles. The van der Waals surface area contributed by atoms with Crippen LogP contribution in [0.4, 0.5) is 0 Å². The van der Waals surface area contributed by atoms with Crippen LogP contribution in [0, 0.1) is 0 Å². The van der Waals surface area contributed by atoms with Crippen molar-refractivity contribution in [3.05, 3.63) is 47.8 Å². The Morgan fingerprint density at radius 2 is 2.05 bits per heavy atom. The van der Waals surface area contributed by atoms with Crippen molar-refractivity contribution >= 4 is 5.97 Å². The number of aliphatic hydroxyl groups is 1. The smallest absolute Gasteiger partial charge is 0.358 e. The van der Waals surface area contributed by atoms with Gasteiger partial charge in [0.25, 0.3) is 0 Å². The number of aromatic nitrogens is 1. The van der Waals surface area contributed by atoms with Crippen LogP contribution in [0.5, 0.6) is 17.2 Å². The predicted octanol–water partition coefficient (Wildman–Crippen LogP) is 2.07. The lowest BCUT2D eigenvalue weighted by Crippen LogP contribution is -2.03. The first-order valence-electron chi connectivity index (χ1n) is 5.79. The molecule has 2 aromatic rings. The summed E-state index contributed by atoms with van der Waals surface area (Å²) in [7, 11) is 1.46. The van der Waals surface area contributed by atoms with Crippen LogP contribution in [0.15, 0.2) is 36.5 Å². The average molecular weight is 275 g/mol. The van der Waals surface area contributed by atoms with Gasteiger partial charge in [-0.15, -0.1) is 0 Å². The second-order valence-electron chi connectivity index (χ2n) is 3.90. The summed E-state index contributed by atoms with van der Waals surface area (Å²) in [5.74, 6) is -0.307. The third-order valence-electron chi connectivity index (χ3n) is 2.60. The Morgan fingerprint density at radius 3 is 2.70 bits per heavy atom. The number of ether oxygens (including phenoxy) is 2. The van der Waals surface area contributed by atoms with E-state index in [1.165, 1.54) is 19.4 Å². The molecule has 1 aromatic heterocycles. The van der Waals surface area contributed by atoms with Gasteiger partial charge in [-0.3, -0.25) is 0 Å². The minimum Gasteiger partial charge on any atom is -0.493 e. The summed E-state index contributed by atoms with van der Waals surface area (Å²) in [5, 5.41) is 18.1. The molecule has 0 aliphatic heterocycles. The number of nitrogens with zero attached hydrogens (tertiary/aromatic N) is 1. The SMILES string of the molecule is COc1cc(CO)ccc1Oc1cccnc1C(=O)O. The van der Waals surface area contributed by atoms with Crippen LogP contribution in [-0.2, 0) is 6.61 Å². The van der Waals surface area contributed by atoms with Crippen molar-refractivity contribution in [3.63, 3.8) is 0 Å². The van der Waals surface area contributed by atoms with Gasteiger partial charge < -0.3 is 19.7 Å². The number of hydrogen-bond donors (Lipinski definition) is 2. The first-order chi connectivity index (χ1) is 9.65. The predicted molar refractivity (Wildman–Crippen MR) is 70.2 cm³/mol. The van der Waals surface area contributed by atoms with Gasteiger partial charge in [0.1, 0.15) is 0 Å². The highest BCUT2D eigenvalue weighted by Crippen LogP contribution is 2.33. The number of rotatable bonds is 5. The molecular weight excluding hydrogens is 262 g/mol. The number of pyridine rings is 1. The number of hydrogen-bond acceptors (Lipinski definition) is 5. The van der Waals surface area contributed by atoms with Gasteiger partial charge in [0.05, 0.1) is 13.7 Å². The average Bonchev–Trinajstić information content (AvgIpc) is 2.48. The molecule has 6 nitrogen and oxygen atoms in total. The number of methoxy groups -OCH3 is 1. The largest absolute Gasteiger partial charge is 0.493 e. The summed E-state index contributed by atoms with van der Waals surface area (Å²) in [5.41, 5.74) is 0.486. The van der Waals surface area contributed by atoms with Gasteiger partial charge in [0.15, 0.2) is 22.9 Å². The van der Waals surface area contributed by atoms with Crippen LogP contribution < -0.4 is 9.47 Å². The second-order valence-corrected chi connectivity index (χ2v) is 3.90. The van der Waals surface area contributed by atoms with Gasteiger partial charge in [-0.2, -0.15) is 0 Å². The van der Waals surface area contributed by atoms with E-state index in [9.17, 15) is 4.79 Å². The fraction of sp³-hybridized carbons (Fsp3) is 0.143. The number of aliphatic hydroxyl groups excluding tert-OH is 1. The fourth-order valence-electron chi connectivity index (χ4n) is 1.65. The lowest BCUT2D eigenvalue weighted by Gasteiger charge is -2.12. The van der Waals surface area contributed by atoms with Crippen molar-refractivity contribution in [3.8, 4) is 17.2 Å². The number of aromatic carboxylic acids is 1. The Kier molecular flexibility index (Phi) is 4.17. The topological polar surface area (TPSA) is 88.9 Å². The third-order valence-corrected chi connectivity index (χ3v) is 2.60. The molecule has 0 bridgehead atoms. The number of carbonyl (C=O) groups is 1. The monoisotopic (exact) mass is 275 g/mol. The molecule has 0 fully saturated rings. The molecule has 0 aliphatic rings. The molecule has 0 spiro atoms. The summed E-state index contributed by atoms with van der Waals surface area (Å²) < 4.78 is 10.7. The van der Waals surface area contributed by atoms with E-state index < -0.39 is 5.97 Å². The summed E-state index contributed by atoms with van der Waals surface area (Å²) >= 11 is 0. The highest BCUT2D eigenvalue weighted by atomic mass is 16.5. The van der Waals surface area contributed by atoms with Crippen LogP contribution in [0.2, 0.25) is 0 Å². The maximum atomic E-state index is 11.1. The molecule has 0 saturated heterocycles. The van der Waals surface area contributed by atoms with Crippen molar-refractivity contribution in [1.82, 2.24) is 4.98 Å². The maximum Gasteiger partial charge on any atom is 0.358 e. The molecule has 0 atom stereocenters. The van der Waals surface area contributed by atoms with Crippen LogP contribution in [-0.4, -0.2) is 28.3 Å². The van der Waals surface area contributed by atoms with Gasteiger partial charge in [0.2, 0.25) is 0 Å². The molecule has 0 unspecified atom stereocenters. The molecule has 2 rings (SSSR count). The lowest BCUT2D eigenvalue weighted by molar-refractivity contribution is 0.0687. The van der Waals surface area contributed by atoms with Gasteiger partial charge >= 0.3 is 5.97 Å². The zero-order valence-corrected chi connectivity index (χ0v) is 10.7. The van der Waals surface area contributed by atoms with E-state index in [0.717, 1.165) is 0 Å². The fourth-order valence-corrected chi connectivity index (χ4v) is 1.65. The van der Waals surface area contributed by atoms with E-state index >= 15 is 0 Å². The van der Waals surface area contributed by atoms with Crippen LogP contribution in [0.1, 0.15) is 16.1 Å². The van der Waals surface area contributed by atoms with Gasteiger partial charge in [-0.25, -0.2) is 9.78 Å². The van der Waals surface area contributed by atoms with Gasteiger partial charge in [-0.05, 0) is 29.8 Å². The number of carboxylic acid groups (broad SMARTS) is 1. The molecular formula is C14H13NO5. The van der Waals surface area contributed by atoms with Gasteiger partial charge in [-0.1, -0.05) is 6.07 Å². The van der Waals surface area contributed by atoms with Crippen LogP contribution >= 0.6 is 0 Å². The third kappa shape index (κ3) is 2.86. The van der Waals surface area contributed by atoms with E-state index in [0.29, 0.717) is 17.1 Å². The molecule has 2 N–H and O–H groups in total. The van der Waals surface area contributed by atoms with E-state index in [2.05, 4.69) is 4.98 Å². The summed E-state index contributed by atoms with van der Waals surface area (Å²) in [6.45, 7) is -0.121.